The second kappa shape index (κ2) is 6.76. The maximum atomic E-state index is 13.3. The number of rotatable bonds is 4. The van der Waals surface area contributed by atoms with Crippen LogP contribution in [0.2, 0.25) is 0 Å². The molecule has 0 spiro atoms. The maximum absolute atomic E-state index is 13.3. The van der Waals surface area contributed by atoms with Gasteiger partial charge in [-0.05, 0) is 24.1 Å². The summed E-state index contributed by atoms with van der Waals surface area (Å²) in [6.45, 7) is 3.81. The molecular weight excluding hydrogens is 321 g/mol. The van der Waals surface area contributed by atoms with Crippen molar-refractivity contribution >= 4 is 5.91 Å². The van der Waals surface area contributed by atoms with Crippen molar-refractivity contribution in [3.05, 3.63) is 59.7 Å². The van der Waals surface area contributed by atoms with E-state index in [9.17, 15) is 9.18 Å². The Morgan fingerprint density at radius 2 is 2.12 bits per heavy atom. The molecule has 0 N–H and O–H groups in total. The van der Waals surface area contributed by atoms with Gasteiger partial charge in [0.1, 0.15) is 5.82 Å². The van der Waals surface area contributed by atoms with Gasteiger partial charge in [-0.2, -0.15) is 0 Å². The average Bonchev–Trinajstić information content (AvgIpc) is 3.35. The van der Waals surface area contributed by atoms with E-state index in [-0.39, 0.29) is 11.7 Å². The van der Waals surface area contributed by atoms with Gasteiger partial charge < -0.3 is 4.90 Å². The van der Waals surface area contributed by atoms with E-state index in [1.165, 1.54) is 12.1 Å². The Kier molecular flexibility index (Phi) is 4.31. The molecule has 2 aromatic rings. The highest BCUT2D eigenvalue weighted by Crippen LogP contribution is 2.19. The lowest BCUT2D eigenvalue weighted by atomic mass is 10.2. The maximum Gasteiger partial charge on any atom is 0.276 e. The summed E-state index contributed by atoms with van der Waals surface area (Å²) in [5, 5.41) is 8.01. The third-order valence-corrected chi connectivity index (χ3v) is 4.80. The molecule has 0 bridgehead atoms. The molecule has 1 saturated heterocycles. The van der Waals surface area contributed by atoms with Gasteiger partial charge in [-0.25, -0.2) is 9.07 Å². The van der Waals surface area contributed by atoms with E-state index in [1.54, 1.807) is 16.9 Å². The second-order valence-corrected chi connectivity index (χ2v) is 6.55. The Morgan fingerprint density at radius 1 is 1.28 bits per heavy atom. The Morgan fingerprint density at radius 3 is 2.92 bits per heavy atom. The quantitative estimate of drug-likeness (QED) is 0.792. The first-order valence-electron chi connectivity index (χ1n) is 8.52. The van der Waals surface area contributed by atoms with Gasteiger partial charge >= 0.3 is 0 Å². The van der Waals surface area contributed by atoms with Gasteiger partial charge in [-0.15, -0.1) is 5.10 Å². The van der Waals surface area contributed by atoms with Crippen molar-refractivity contribution < 1.29 is 9.18 Å². The molecule has 2 aliphatic heterocycles. The van der Waals surface area contributed by atoms with E-state index in [2.05, 4.69) is 27.4 Å². The van der Waals surface area contributed by atoms with Crippen molar-refractivity contribution in [1.29, 1.82) is 0 Å². The molecule has 25 heavy (non-hydrogen) atoms. The van der Waals surface area contributed by atoms with E-state index in [0.29, 0.717) is 18.3 Å². The van der Waals surface area contributed by atoms with Crippen LogP contribution in [0, 0.1) is 5.82 Å². The van der Waals surface area contributed by atoms with Crippen LogP contribution in [0.5, 0.6) is 0 Å². The summed E-state index contributed by atoms with van der Waals surface area (Å²) in [5.74, 6) is -0.367. The van der Waals surface area contributed by atoms with Crippen LogP contribution in [0.3, 0.4) is 0 Å². The summed E-state index contributed by atoms with van der Waals surface area (Å²) in [4.78, 5) is 16.9. The molecule has 0 saturated carbocycles. The molecule has 1 amide bonds. The first kappa shape index (κ1) is 16.0. The first-order chi connectivity index (χ1) is 12.2. The lowest BCUT2D eigenvalue weighted by molar-refractivity contribution is 0.0775. The van der Waals surface area contributed by atoms with Gasteiger partial charge in [0.15, 0.2) is 5.69 Å². The highest BCUT2D eigenvalue weighted by atomic mass is 19.1. The van der Waals surface area contributed by atoms with Crippen LogP contribution < -0.4 is 0 Å². The fraction of sp³-hybridized carbons (Fsp3) is 0.389. The van der Waals surface area contributed by atoms with E-state index in [4.69, 9.17) is 0 Å². The minimum atomic E-state index is -0.284. The average molecular weight is 341 g/mol. The third kappa shape index (κ3) is 3.46. The predicted molar refractivity (Wildman–Crippen MR) is 90.5 cm³/mol. The molecule has 0 aliphatic carbocycles. The Bertz CT molecular complexity index is 794. The fourth-order valence-corrected chi connectivity index (χ4v) is 3.47. The van der Waals surface area contributed by atoms with E-state index < -0.39 is 0 Å². The van der Waals surface area contributed by atoms with Crippen molar-refractivity contribution in [2.45, 2.75) is 19.0 Å². The molecule has 7 heteroatoms. The summed E-state index contributed by atoms with van der Waals surface area (Å²) in [5.41, 5.74) is 1.13. The monoisotopic (exact) mass is 341 g/mol. The van der Waals surface area contributed by atoms with Gasteiger partial charge in [-0.3, -0.25) is 9.69 Å². The van der Waals surface area contributed by atoms with Crippen molar-refractivity contribution in [3.63, 3.8) is 0 Å². The molecule has 4 rings (SSSR count). The zero-order chi connectivity index (χ0) is 17.2. The van der Waals surface area contributed by atoms with Crippen LogP contribution in [-0.2, 0) is 6.54 Å². The first-order valence-corrected chi connectivity index (χ1v) is 8.52. The lowest BCUT2D eigenvalue weighted by Gasteiger charge is -2.23. The lowest BCUT2D eigenvalue weighted by Crippen LogP contribution is -2.37. The normalized spacial score (nSPS) is 20.5. The number of carbonyl (C=O) groups is 1. The molecule has 130 valence electrons. The molecule has 6 nitrogen and oxygen atoms in total. The van der Waals surface area contributed by atoms with Crippen molar-refractivity contribution in [3.8, 4) is 0 Å². The van der Waals surface area contributed by atoms with Crippen molar-refractivity contribution in [2.75, 3.05) is 26.2 Å². The molecule has 3 heterocycles. The van der Waals surface area contributed by atoms with Gasteiger partial charge in [0, 0.05) is 32.2 Å². The van der Waals surface area contributed by atoms with E-state index in [1.807, 2.05) is 11.0 Å². The largest absolute Gasteiger partial charge is 0.336 e. The summed E-state index contributed by atoms with van der Waals surface area (Å²) in [7, 11) is 0. The summed E-state index contributed by atoms with van der Waals surface area (Å²) >= 11 is 0. The Labute approximate surface area is 145 Å². The zero-order valence-corrected chi connectivity index (χ0v) is 13.9. The summed E-state index contributed by atoms with van der Waals surface area (Å²) in [6.07, 6.45) is 6.97. The molecule has 1 fully saturated rings. The smallest absolute Gasteiger partial charge is 0.276 e. The van der Waals surface area contributed by atoms with Gasteiger partial charge in [0.05, 0.1) is 12.7 Å². The number of benzene rings is 1. The van der Waals surface area contributed by atoms with Crippen LogP contribution in [0.15, 0.2) is 42.6 Å². The van der Waals surface area contributed by atoms with Crippen molar-refractivity contribution in [2.24, 2.45) is 0 Å². The van der Waals surface area contributed by atoms with Gasteiger partial charge in [-0.1, -0.05) is 29.5 Å². The second-order valence-electron chi connectivity index (χ2n) is 6.55. The van der Waals surface area contributed by atoms with E-state index >= 15 is 0 Å². The van der Waals surface area contributed by atoms with Crippen LogP contribution in [0.25, 0.3) is 0 Å². The molecule has 2 aliphatic rings. The Balaban J connectivity index is 1.39. The zero-order valence-electron chi connectivity index (χ0n) is 13.9. The molecule has 1 aromatic carbocycles. The molecular formula is C18H20FN5O. The van der Waals surface area contributed by atoms with Crippen LogP contribution in [-0.4, -0.2) is 62.9 Å². The highest BCUT2D eigenvalue weighted by Gasteiger charge is 2.31. The van der Waals surface area contributed by atoms with Crippen molar-refractivity contribution in [1.82, 2.24) is 24.8 Å². The number of amides is 1. The number of aromatic nitrogens is 3. The molecule has 1 atom stereocenters. The fourth-order valence-electron chi connectivity index (χ4n) is 3.47. The molecule has 0 radical (unpaired) electrons. The number of halogens is 1. The third-order valence-electron chi connectivity index (χ3n) is 4.80. The number of carbonyl (C=O) groups excluding carboxylic acids is 1. The van der Waals surface area contributed by atoms with Gasteiger partial charge in [0.25, 0.3) is 5.91 Å². The van der Waals surface area contributed by atoms with Crippen LogP contribution >= 0.6 is 0 Å². The SMILES string of the molecule is O=C(c1cn(Cc2cccc(F)c2)nn1)N1CC[C@H](N2CC=CC2)C1. The predicted octanol–water partition coefficient (Wildman–Crippen LogP) is 1.55. The number of likely N-dealkylation sites (tertiary alicyclic amines) is 1. The molecule has 1 aromatic heterocycles. The van der Waals surface area contributed by atoms with E-state index in [0.717, 1.165) is 38.2 Å². The topological polar surface area (TPSA) is 54.3 Å². The number of nitrogens with zero attached hydrogens (tertiary/aromatic N) is 5. The molecule has 0 unspecified atom stereocenters. The Hall–Kier alpha value is -2.54. The highest BCUT2D eigenvalue weighted by molar-refractivity contribution is 5.92. The van der Waals surface area contributed by atoms with Gasteiger partial charge in [0.2, 0.25) is 0 Å². The summed E-state index contributed by atoms with van der Waals surface area (Å²) in [6, 6.07) is 6.76. The van der Waals surface area contributed by atoms with Crippen LogP contribution in [0.4, 0.5) is 4.39 Å². The minimum Gasteiger partial charge on any atom is -0.336 e. The minimum absolute atomic E-state index is 0.0832. The standard InChI is InChI=1S/C18H20FN5O/c19-15-5-3-4-14(10-15)11-24-13-17(20-21-24)18(25)23-9-6-16(12-23)22-7-1-2-8-22/h1-5,10,13,16H,6-9,11-12H2/t16-/m0/s1. The van der Waals surface area contributed by atoms with Crippen LogP contribution in [0.1, 0.15) is 22.5 Å². The number of hydrogen-bond donors (Lipinski definition) is 0. The summed E-state index contributed by atoms with van der Waals surface area (Å²) < 4.78 is 14.8. The number of hydrogen-bond acceptors (Lipinski definition) is 4.